The third-order valence-corrected chi connectivity index (χ3v) is 5.68. The minimum absolute atomic E-state index is 0.202. The molecule has 1 aromatic carbocycles. The molecule has 4 heteroatoms. The van der Waals surface area contributed by atoms with Gasteiger partial charge in [-0.05, 0) is 55.7 Å². The number of hydrogen-bond acceptors (Lipinski definition) is 3. The van der Waals surface area contributed by atoms with Crippen LogP contribution in [0.25, 0.3) is 0 Å². The van der Waals surface area contributed by atoms with Crippen LogP contribution >= 0.6 is 0 Å². The smallest absolute Gasteiger partial charge is 0.226 e. The minimum atomic E-state index is 0.202. The van der Waals surface area contributed by atoms with Gasteiger partial charge in [-0.15, -0.1) is 0 Å². The Hall–Kier alpha value is -1.55. The van der Waals surface area contributed by atoms with Crippen molar-refractivity contribution in [2.24, 2.45) is 11.3 Å². The van der Waals surface area contributed by atoms with E-state index in [0.717, 1.165) is 44.6 Å². The molecule has 2 fully saturated rings. The molecule has 1 aliphatic heterocycles. The summed E-state index contributed by atoms with van der Waals surface area (Å²) in [6.07, 6.45) is 4.01. The highest BCUT2D eigenvalue weighted by Gasteiger charge is 2.58. The first-order chi connectivity index (χ1) is 11.1. The molecule has 1 spiro atoms. The largest absolute Gasteiger partial charge is 0.497 e. The van der Waals surface area contributed by atoms with Gasteiger partial charge in [0.25, 0.3) is 0 Å². The lowest BCUT2D eigenvalue weighted by molar-refractivity contribution is -0.134. The maximum absolute atomic E-state index is 12.8. The highest BCUT2D eigenvalue weighted by molar-refractivity contribution is 5.82. The van der Waals surface area contributed by atoms with Crippen LogP contribution in [-0.4, -0.2) is 44.2 Å². The summed E-state index contributed by atoms with van der Waals surface area (Å²) in [5.41, 5.74) is 1.48. The molecule has 1 saturated heterocycles. The quantitative estimate of drug-likeness (QED) is 0.838. The first-order valence-electron chi connectivity index (χ1n) is 8.53. The maximum Gasteiger partial charge on any atom is 0.226 e. The predicted octanol–water partition coefficient (Wildman–Crippen LogP) is 2.90. The molecule has 3 rings (SSSR count). The van der Waals surface area contributed by atoms with Crippen molar-refractivity contribution < 1.29 is 14.3 Å². The molecule has 0 aromatic heterocycles. The van der Waals surface area contributed by atoms with Crippen molar-refractivity contribution in [1.29, 1.82) is 0 Å². The number of methoxy groups -OCH3 is 1. The molecule has 1 aromatic rings. The van der Waals surface area contributed by atoms with Gasteiger partial charge in [0.15, 0.2) is 0 Å². The normalized spacial score (nSPS) is 23.3. The molecule has 0 unspecified atom stereocenters. The second-order valence-electron chi connectivity index (χ2n) is 7.08. The number of hydrogen-bond donors (Lipinski definition) is 0. The van der Waals surface area contributed by atoms with Crippen molar-refractivity contribution in [1.82, 2.24) is 4.90 Å². The highest BCUT2D eigenvalue weighted by atomic mass is 16.5. The average Bonchev–Trinajstić information content (AvgIpc) is 3.27. The fraction of sp³-hybridized carbons (Fsp3) is 0.632. The van der Waals surface area contributed by atoms with Gasteiger partial charge in [0.05, 0.1) is 7.11 Å². The lowest BCUT2D eigenvalue weighted by atomic mass is 9.93. The van der Waals surface area contributed by atoms with Gasteiger partial charge < -0.3 is 14.4 Å². The van der Waals surface area contributed by atoms with Crippen LogP contribution in [0.4, 0.5) is 0 Å². The fourth-order valence-corrected chi connectivity index (χ4v) is 3.73. The zero-order valence-corrected chi connectivity index (χ0v) is 14.4. The van der Waals surface area contributed by atoms with Gasteiger partial charge in [-0.25, -0.2) is 0 Å². The fourth-order valence-electron chi connectivity index (χ4n) is 3.73. The summed E-state index contributed by atoms with van der Waals surface area (Å²) in [5, 5.41) is 0. The Morgan fingerprint density at radius 2 is 2.00 bits per heavy atom. The zero-order chi connectivity index (χ0) is 16.4. The van der Waals surface area contributed by atoms with Crippen molar-refractivity contribution in [3.63, 3.8) is 0 Å². The molecule has 1 saturated carbocycles. The molecule has 23 heavy (non-hydrogen) atoms. The van der Waals surface area contributed by atoms with E-state index < -0.39 is 0 Å². The van der Waals surface area contributed by atoms with E-state index >= 15 is 0 Å². The van der Waals surface area contributed by atoms with E-state index in [2.05, 4.69) is 19.1 Å². The van der Waals surface area contributed by atoms with Gasteiger partial charge >= 0.3 is 0 Å². The highest BCUT2D eigenvalue weighted by Crippen LogP contribution is 2.59. The Bertz CT molecular complexity index is 548. The number of rotatable bonds is 5. The van der Waals surface area contributed by atoms with Crippen molar-refractivity contribution in [3.8, 4) is 5.75 Å². The van der Waals surface area contributed by atoms with E-state index in [-0.39, 0.29) is 17.4 Å². The predicted molar refractivity (Wildman–Crippen MR) is 89.5 cm³/mol. The molecule has 1 amide bonds. The summed E-state index contributed by atoms with van der Waals surface area (Å²) in [5.74, 6) is 1.40. The van der Waals surface area contributed by atoms with Crippen LogP contribution in [0.15, 0.2) is 24.3 Å². The Morgan fingerprint density at radius 1 is 1.35 bits per heavy atom. The third-order valence-electron chi connectivity index (χ3n) is 5.68. The molecule has 0 radical (unpaired) electrons. The summed E-state index contributed by atoms with van der Waals surface area (Å²) in [6, 6.07) is 8.30. The molecule has 2 atom stereocenters. The first kappa shape index (κ1) is 16.3. The second-order valence-corrected chi connectivity index (χ2v) is 7.08. The standard InChI is InChI=1S/C19H27NO3/c1-14(12-15-4-6-16(22-3)7-5-15)20(2)18(21)17-13-19(17)8-10-23-11-9-19/h4-7,14,17H,8-13H2,1-3H3/t14-,17+/m1/s1. The molecule has 1 heterocycles. The second kappa shape index (κ2) is 6.52. The summed E-state index contributed by atoms with van der Waals surface area (Å²) in [4.78, 5) is 14.7. The van der Waals surface area contributed by atoms with Crippen LogP contribution in [0.2, 0.25) is 0 Å². The van der Waals surface area contributed by atoms with Gasteiger partial charge in [0.2, 0.25) is 5.91 Å². The molecular formula is C19H27NO3. The number of ether oxygens (including phenoxy) is 2. The van der Waals surface area contributed by atoms with E-state index in [0.29, 0.717) is 5.91 Å². The summed E-state index contributed by atoms with van der Waals surface area (Å²) in [6.45, 7) is 3.75. The monoisotopic (exact) mass is 317 g/mol. The lowest BCUT2D eigenvalue weighted by Crippen LogP contribution is -2.39. The lowest BCUT2D eigenvalue weighted by Gasteiger charge is -2.28. The number of benzene rings is 1. The number of likely N-dealkylation sites (N-methyl/N-ethyl adjacent to an activating group) is 1. The Balaban J connectivity index is 1.56. The third kappa shape index (κ3) is 3.37. The number of carbonyl (C=O) groups excluding carboxylic acids is 1. The molecule has 126 valence electrons. The zero-order valence-electron chi connectivity index (χ0n) is 14.4. The SMILES string of the molecule is COc1ccc(C[C@@H](C)N(C)C(=O)[C@@H]2CC23CCOCC3)cc1. The van der Waals surface area contributed by atoms with Gasteiger partial charge in [-0.1, -0.05) is 12.1 Å². The van der Waals surface area contributed by atoms with Gasteiger partial charge in [0, 0.05) is 32.2 Å². The van der Waals surface area contributed by atoms with Crippen LogP contribution in [-0.2, 0) is 16.0 Å². The van der Waals surface area contributed by atoms with Crippen molar-refractivity contribution in [3.05, 3.63) is 29.8 Å². The van der Waals surface area contributed by atoms with Crippen molar-refractivity contribution in [2.75, 3.05) is 27.4 Å². The molecule has 1 aliphatic carbocycles. The van der Waals surface area contributed by atoms with Gasteiger partial charge in [-0.2, -0.15) is 0 Å². The van der Waals surface area contributed by atoms with E-state index in [1.54, 1.807) is 7.11 Å². The van der Waals surface area contributed by atoms with Crippen LogP contribution < -0.4 is 4.74 Å². The average molecular weight is 317 g/mol. The summed E-state index contributed by atoms with van der Waals surface area (Å²) >= 11 is 0. The first-order valence-corrected chi connectivity index (χ1v) is 8.53. The van der Waals surface area contributed by atoms with E-state index in [9.17, 15) is 4.79 Å². The minimum Gasteiger partial charge on any atom is -0.497 e. The van der Waals surface area contributed by atoms with E-state index in [4.69, 9.17) is 9.47 Å². The summed E-state index contributed by atoms with van der Waals surface area (Å²) < 4.78 is 10.6. The van der Waals surface area contributed by atoms with Gasteiger partial charge in [0.1, 0.15) is 5.75 Å². The van der Waals surface area contributed by atoms with Crippen LogP contribution in [0.1, 0.15) is 31.7 Å². The van der Waals surface area contributed by atoms with E-state index in [1.807, 2.05) is 24.1 Å². The Kier molecular flexibility index (Phi) is 4.62. The molecule has 2 aliphatic rings. The van der Waals surface area contributed by atoms with Crippen molar-refractivity contribution in [2.45, 2.75) is 38.6 Å². The van der Waals surface area contributed by atoms with E-state index in [1.165, 1.54) is 5.56 Å². The number of carbonyl (C=O) groups is 1. The number of nitrogens with zero attached hydrogens (tertiary/aromatic N) is 1. The molecule has 4 nitrogen and oxygen atoms in total. The van der Waals surface area contributed by atoms with Crippen LogP contribution in [0.3, 0.4) is 0 Å². The Morgan fingerprint density at radius 3 is 2.61 bits per heavy atom. The molecular weight excluding hydrogens is 290 g/mol. The topological polar surface area (TPSA) is 38.8 Å². The summed E-state index contributed by atoms with van der Waals surface area (Å²) in [7, 11) is 3.62. The molecule has 0 N–H and O–H groups in total. The maximum atomic E-state index is 12.8. The Labute approximate surface area is 138 Å². The number of amides is 1. The van der Waals surface area contributed by atoms with Crippen LogP contribution in [0, 0.1) is 11.3 Å². The van der Waals surface area contributed by atoms with Crippen molar-refractivity contribution >= 4 is 5.91 Å². The molecule has 0 bridgehead atoms. The van der Waals surface area contributed by atoms with Gasteiger partial charge in [-0.3, -0.25) is 4.79 Å². The van der Waals surface area contributed by atoms with Crippen LogP contribution in [0.5, 0.6) is 5.75 Å².